The van der Waals surface area contributed by atoms with Crippen molar-refractivity contribution in [1.82, 2.24) is 15.0 Å². The third-order valence-electron chi connectivity index (χ3n) is 5.29. The van der Waals surface area contributed by atoms with Crippen LogP contribution in [0.3, 0.4) is 0 Å². The molecule has 4 heteroatoms. The number of aromatic hydroxyl groups is 1. The summed E-state index contributed by atoms with van der Waals surface area (Å²) < 4.78 is 0. The molecule has 2 aromatic carbocycles. The smallest absolute Gasteiger partial charge is 0.150 e. The number of allylic oxidation sites excluding steroid dienone is 1. The number of fused-ring (bicyclic) bond motifs is 1. The van der Waals surface area contributed by atoms with Crippen LogP contribution in [0.1, 0.15) is 75.8 Å². The number of aryl methyl sites for hydroxylation is 1. The number of benzene rings is 2. The number of aromatic nitrogens is 3. The van der Waals surface area contributed by atoms with Crippen LogP contribution < -0.4 is 0 Å². The Bertz CT molecular complexity index is 909. The van der Waals surface area contributed by atoms with Crippen molar-refractivity contribution < 1.29 is 5.11 Å². The predicted molar refractivity (Wildman–Crippen MR) is 122 cm³/mol. The summed E-state index contributed by atoms with van der Waals surface area (Å²) in [5, 5.41) is 19.8. The van der Waals surface area contributed by atoms with Crippen molar-refractivity contribution in [3.63, 3.8) is 0 Å². The fraction of sp³-hybridized carbons (Fsp3) is 0.440. The van der Waals surface area contributed by atoms with E-state index < -0.39 is 0 Å². The molecule has 3 rings (SSSR count). The highest BCUT2D eigenvalue weighted by atomic mass is 16.3. The van der Waals surface area contributed by atoms with Gasteiger partial charge in [-0.15, -0.1) is 15.0 Å². The molecule has 0 spiro atoms. The van der Waals surface area contributed by atoms with Crippen molar-refractivity contribution in [3.8, 4) is 11.4 Å². The van der Waals surface area contributed by atoms with Gasteiger partial charge in [-0.3, -0.25) is 0 Å². The molecule has 1 N–H and O–H groups in total. The number of hydrogen-bond acceptors (Lipinski definition) is 3. The standard InChI is InChI=1S/C25H33N3O/c1-3-4-5-6-7-8-9-10-11-12-15-21-18-20(2)19-24(25(21)29)28-26-22-16-13-14-17-23(22)27-28/h12-19,29H,3-11H2,1-2H3. The lowest BCUT2D eigenvalue weighted by molar-refractivity contribution is 0.466. The van der Waals surface area contributed by atoms with E-state index in [9.17, 15) is 5.11 Å². The van der Waals surface area contributed by atoms with Gasteiger partial charge in [-0.1, -0.05) is 76.2 Å². The molecule has 154 valence electrons. The Morgan fingerprint density at radius 3 is 2.17 bits per heavy atom. The zero-order valence-electron chi connectivity index (χ0n) is 17.8. The second kappa shape index (κ2) is 10.8. The summed E-state index contributed by atoms with van der Waals surface area (Å²) in [6.45, 7) is 4.29. The summed E-state index contributed by atoms with van der Waals surface area (Å²) >= 11 is 0. The van der Waals surface area contributed by atoms with Crippen molar-refractivity contribution in [2.45, 2.75) is 71.6 Å². The molecule has 0 saturated heterocycles. The van der Waals surface area contributed by atoms with Crippen LogP contribution in [0.25, 0.3) is 22.8 Å². The van der Waals surface area contributed by atoms with Crippen LogP contribution in [0, 0.1) is 6.92 Å². The summed E-state index contributed by atoms with van der Waals surface area (Å²) in [4.78, 5) is 1.53. The molecule has 1 heterocycles. The first-order valence-corrected chi connectivity index (χ1v) is 11.0. The van der Waals surface area contributed by atoms with E-state index in [4.69, 9.17) is 0 Å². The van der Waals surface area contributed by atoms with Crippen molar-refractivity contribution in [1.29, 1.82) is 0 Å². The maximum Gasteiger partial charge on any atom is 0.150 e. The average molecular weight is 392 g/mol. The Hall–Kier alpha value is -2.62. The Morgan fingerprint density at radius 1 is 0.897 bits per heavy atom. The lowest BCUT2D eigenvalue weighted by Gasteiger charge is -2.08. The van der Waals surface area contributed by atoms with Crippen LogP contribution in [-0.2, 0) is 0 Å². The van der Waals surface area contributed by atoms with Crippen molar-refractivity contribution in [2.24, 2.45) is 0 Å². The fourth-order valence-corrected chi connectivity index (χ4v) is 3.64. The number of phenols is 1. The van der Waals surface area contributed by atoms with E-state index in [1.165, 1.54) is 56.2 Å². The average Bonchev–Trinajstić information content (AvgIpc) is 3.15. The number of rotatable bonds is 11. The molecule has 0 aliphatic heterocycles. The van der Waals surface area contributed by atoms with E-state index in [-0.39, 0.29) is 5.75 Å². The van der Waals surface area contributed by atoms with Crippen LogP contribution in [-0.4, -0.2) is 20.1 Å². The molecular weight excluding hydrogens is 358 g/mol. The predicted octanol–water partition coefficient (Wildman–Crippen LogP) is 6.98. The Balaban J connectivity index is 1.58. The maximum atomic E-state index is 10.8. The first-order valence-electron chi connectivity index (χ1n) is 11.0. The highest BCUT2D eigenvalue weighted by molar-refractivity contribution is 5.74. The Morgan fingerprint density at radius 2 is 1.52 bits per heavy atom. The zero-order chi connectivity index (χ0) is 20.5. The lowest BCUT2D eigenvalue weighted by atomic mass is 10.1. The Kier molecular flexibility index (Phi) is 7.85. The minimum atomic E-state index is 0.225. The molecule has 0 amide bonds. The van der Waals surface area contributed by atoms with E-state index in [1.807, 2.05) is 49.4 Å². The van der Waals surface area contributed by atoms with Crippen LogP contribution in [0.5, 0.6) is 5.75 Å². The van der Waals surface area contributed by atoms with Gasteiger partial charge in [-0.05, 0) is 49.6 Å². The van der Waals surface area contributed by atoms with Gasteiger partial charge >= 0.3 is 0 Å². The highest BCUT2D eigenvalue weighted by Crippen LogP contribution is 2.29. The normalized spacial score (nSPS) is 11.7. The molecule has 0 fully saturated rings. The minimum absolute atomic E-state index is 0.225. The van der Waals surface area contributed by atoms with Gasteiger partial charge in [0.2, 0.25) is 0 Å². The van der Waals surface area contributed by atoms with Gasteiger partial charge in [0.05, 0.1) is 0 Å². The molecule has 0 radical (unpaired) electrons. The van der Waals surface area contributed by atoms with Gasteiger partial charge in [0, 0.05) is 5.56 Å². The SMILES string of the molecule is CCCCCCCCCCC=Cc1cc(C)cc(-n2nc3ccccc3n2)c1O. The largest absolute Gasteiger partial charge is 0.505 e. The first-order chi connectivity index (χ1) is 14.2. The number of hydrogen-bond donors (Lipinski definition) is 1. The monoisotopic (exact) mass is 391 g/mol. The van der Waals surface area contributed by atoms with Crippen LogP contribution in [0.2, 0.25) is 0 Å². The van der Waals surface area contributed by atoms with Crippen LogP contribution in [0.15, 0.2) is 42.5 Å². The summed E-state index contributed by atoms with van der Waals surface area (Å²) in [6.07, 6.45) is 15.8. The van der Waals surface area contributed by atoms with E-state index in [2.05, 4.69) is 23.2 Å². The molecule has 0 aliphatic rings. The van der Waals surface area contributed by atoms with Crippen LogP contribution >= 0.6 is 0 Å². The van der Waals surface area contributed by atoms with E-state index >= 15 is 0 Å². The molecule has 29 heavy (non-hydrogen) atoms. The minimum Gasteiger partial charge on any atom is -0.505 e. The molecule has 0 bridgehead atoms. The zero-order valence-corrected chi connectivity index (χ0v) is 17.8. The molecule has 0 saturated carbocycles. The van der Waals surface area contributed by atoms with Gasteiger partial charge in [0.25, 0.3) is 0 Å². The molecule has 0 aliphatic carbocycles. The summed E-state index contributed by atoms with van der Waals surface area (Å²) in [5.41, 5.74) is 4.15. The molecular formula is C25H33N3O. The van der Waals surface area contributed by atoms with Crippen molar-refractivity contribution in [3.05, 3.63) is 53.6 Å². The quantitative estimate of drug-likeness (QED) is 0.359. The summed E-state index contributed by atoms with van der Waals surface area (Å²) in [6, 6.07) is 11.7. The van der Waals surface area contributed by atoms with Crippen molar-refractivity contribution >= 4 is 17.1 Å². The molecule has 0 atom stereocenters. The third kappa shape index (κ3) is 5.93. The molecule has 3 aromatic rings. The molecule has 4 nitrogen and oxygen atoms in total. The van der Waals surface area contributed by atoms with Gasteiger partial charge in [0.15, 0.2) is 0 Å². The van der Waals surface area contributed by atoms with E-state index in [0.717, 1.165) is 28.6 Å². The van der Waals surface area contributed by atoms with Gasteiger partial charge in [0.1, 0.15) is 22.5 Å². The van der Waals surface area contributed by atoms with E-state index in [0.29, 0.717) is 5.69 Å². The molecule has 0 unspecified atom stereocenters. The second-order valence-electron chi connectivity index (χ2n) is 7.87. The first kappa shape index (κ1) is 21.1. The molecule has 1 aromatic heterocycles. The summed E-state index contributed by atoms with van der Waals surface area (Å²) in [5.74, 6) is 0.225. The van der Waals surface area contributed by atoms with Gasteiger partial charge in [-0.25, -0.2) is 0 Å². The third-order valence-corrected chi connectivity index (χ3v) is 5.29. The van der Waals surface area contributed by atoms with Crippen molar-refractivity contribution in [2.75, 3.05) is 0 Å². The van der Waals surface area contributed by atoms with Gasteiger partial charge in [-0.2, -0.15) is 0 Å². The summed E-state index contributed by atoms with van der Waals surface area (Å²) in [7, 11) is 0. The Labute approximate surface area is 174 Å². The van der Waals surface area contributed by atoms with Crippen LogP contribution in [0.4, 0.5) is 0 Å². The maximum absolute atomic E-state index is 10.8. The lowest BCUT2D eigenvalue weighted by Crippen LogP contribution is -2.00. The highest BCUT2D eigenvalue weighted by Gasteiger charge is 2.12. The number of nitrogens with zero attached hydrogens (tertiary/aromatic N) is 3. The number of unbranched alkanes of at least 4 members (excludes halogenated alkanes) is 8. The van der Waals surface area contributed by atoms with E-state index in [1.54, 1.807) is 0 Å². The number of phenolic OH excluding ortho intramolecular Hbond substituents is 1. The topological polar surface area (TPSA) is 50.9 Å². The second-order valence-corrected chi connectivity index (χ2v) is 7.87. The van der Waals surface area contributed by atoms with Gasteiger partial charge < -0.3 is 5.11 Å². The fourth-order valence-electron chi connectivity index (χ4n) is 3.64.